The lowest BCUT2D eigenvalue weighted by Gasteiger charge is -2.41. The van der Waals surface area contributed by atoms with E-state index in [4.69, 9.17) is 4.74 Å². The zero-order chi connectivity index (χ0) is 14.5. The van der Waals surface area contributed by atoms with Gasteiger partial charge in [-0.15, -0.1) is 0 Å². The molecule has 0 amide bonds. The summed E-state index contributed by atoms with van der Waals surface area (Å²) in [5.74, 6) is 0.630. The second-order valence-corrected chi connectivity index (χ2v) is 5.92. The van der Waals surface area contributed by atoms with Crippen molar-refractivity contribution >= 4 is 0 Å². The molecule has 2 aliphatic rings. The first-order valence-corrected chi connectivity index (χ1v) is 7.91. The van der Waals surface area contributed by atoms with Gasteiger partial charge in [0.15, 0.2) is 0 Å². The highest BCUT2D eigenvalue weighted by atomic mass is 16.5. The zero-order valence-corrected chi connectivity index (χ0v) is 12.4. The number of nitrogens with zero attached hydrogens (tertiary/aromatic N) is 2. The van der Waals surface area contributed by atoms with Crippen molar-refractivity contribution in [1.82, 2.24) is 10.2 Å². The van der Waals surface area contributed by atoms with Crippen LogP contribution in [0.5, 0.6) is 0 Å². The summed E-state index contributed by atoms with van der Waals surface area (Å²) in [4.78, 5) is 2.59. The van der Waals surface area contributed by atoms with Crippen LogP contribution in [0.15, 0.2) is 24.3 Å². The molecule has 2 fully saturated rings. The number of nitriles is 1. The maximum absolute atomic E-state index is 9.17. The van der Waals surface area contributed by atoms with Gasteiger partial charge in [-0.1, -0.05) is 12.1 Å². The van der Waals surface area contributed by atoms with E-state index in [1.807, 2.05) is 12.1 Å². The predicted octanol–water partition coefficient (Wildman–Crippen LogP) is 1.93. The fraction of sp³-hybridized carbons (Fsp3) is 0.588. The maximum Gasteiger partial charge on any atom is 0.0991 e. The number of ether oxygens (including phenoxy) is 1. The highest BCUT2D eigenvalue weighted by molar-refractivity contribution is 5.34. The molecule has 1 aromatic rings. The Morgan fingerprint density at radius 2 is 2.00 bits per heavy atom. The molecule has 0 saturated carbocycles. The third-order valence-corrected chi connectivity index (χ3v) is 4.61. The molecule has 2 aliphatic heterocycles. The van der Waals surface area contributed by atoms with Crippen LogP contribution < -0.4 is 5.32 Å². The third-order valence-electron chi connectivity index (χ3n) is 4.61. The Hall–Kier alpha value is -1.41. The Balaban J connectivity index is 1.88. The van der Waals surface area contributed by atoms with Gasteiger partial charge in [0.25, 0.3) is 0 Å². The largest absolute Gasteiger partial charge is 0.381 e. The monoisotopic (exact) mass is 285 g/mol. The molecule has 21 heavy (non-hydrogen) atoms. The minimum Gasteiger partial charge on any atom is -0.381 e. The van der Waals surface area contributed by atoms with Crippen molar-refractivity contribution in [3.8, 4) is 6.07 Å². The van der Waals surface area contributed by atoms with E-state index in [9.17, 15) is 5.26 Å². The molecule has 1 N–H and O–H groups in total. The second kappa shape index (κ2) is 7.04. The minimum atomic E-state index is 0.421. The van der Waals surface area contributed by atoms with Crippen molar-refractivity contribution in [3.63, 3.8) is 0 Å². The average Bonchev–Trinajstić information content (AvgIpc) is 2.57. The molecule has 0 radical (unpaired) electrons. The summed E-state index contributed by atoms with van der Waals surface area (Å²) < 4.78 is 5.53. The van der Waals surface area contributed by atoms with Gasteiger partial charge in [-0.25, -0.2) is 0 Å². The van der Waals surface area contributed by atoms with Gasteiger partial charge in [-0.2, -0.15) is 5.26 Å². The van der Waals surface area contributed by atoms with Crippen LogP contribution in [0.1, 0.15) is 30.0 Å². The highest BCUT2D eigenvalue weighted by Crippen LogP contribution is 2.35. The van der Waals surface area contributed by atoms with Crippen LogP contribution in [0, 0.1) is 17.2 Å². The molecule has 0 spiro atoms. The van der Waals surface area contributed by atoms with Gasteiger partial charge in [0.1, 0.15) is 0 Å². The van der Waals surface area contributed by atoms with Crippen LogP contribution >= 0.6 is 0 Å². The lowest BCUT2D eigenvalue weighted by molar-refractivity contribution is 0.0213. The summed E-state index contributed by atoms with van der Waals surface area (Å²) in [5, 5.41) is 12.6. The van der Waals surface area contributed by atoms with Gasteiger partial charge in [0.05, 0.1) is 11.6 Å². The lowest BCUT2D eigenvalue weighted by Crippen LogP contribution is -2.47. The van der Waals surface area contributed by atoms with E-state index in [1.54, 1.807) is 0 Å². The Labute approximate surface area is 126 Å². The third kappa shape index (κ3) is 3.44. The summed E-state index contributed by atoms with van der Waals surface area (Å²) in [7, 11) is 0. The van der Waals surface area contributed by atoms with E-state index < -0.39 is 0 Å². The first kappa shape index (κ1) is 14.5. The standard InChI is InChI=1S/C17H23N3O/c18-13-14-2-1-3-16(12-14)17(15-4-10-21-11-5-15)20-8-6-19-7-9-20/h1-3,12,15,17,19H,4-11H2/t17-/m0/s1. The molecule has 4 heteroatoms. The van der Waals surface area contributed by atoms with Gasteiger partial charge in [0.2, 0.25) is 0 Å². The first-order valence-electron chi connectivity index (χ1n) is 7.91. The van der Waals surface area contributed by atoms with Gasteiger partial charge < -0.3 is 10.1 Å². The van der Waals surface area contributed by atoms with Crippen LogP contribution in [-0.2, 0) is 4.74 Å². The van der Waals surface area contributed by atoms with Crippen molar-refractivity contribution < 1.29 is 4.74 Å². The molecule has 0 aromatic heterocycles. The molecule has 2 heterocycles. The Bertz CT molecular complexity index is 481. The van der Waals surface area contributed by atoms with Crippen LogP contribution in [0.2, 0.25) is 0 Å². The van der Waals surface area contributed by atoms with E-state index in [1.165, 1.54) is 5.56 Å². The molecule has 112 valence electrons. The van der Waals surface area contributed by atoms with Gasteiger partial charge in [-0.3, -0.25) is 4.90 Å². The van der Waals surface area contributed by atoms with E-state index in [0.717, 1.165) is 57.8 Å². The number of hydrogen-bond donors (Lipinski definition) is 1. The first-order chi connectivity index (χ1) is 10.4. The zero-order valence-electron chi connectivity index (χ0n) is 12.4. The lowest BCUT2D eigenvalue weighted by atomic mass is 9.85. The predicted molar refractivity (Wildman–Crippen MR) is 81.9 cm³/mol. The summed E-state index contributed by atoms with van der Waals surface area (Å²) in [5.41, 5.74) is 2.06. The highest BCUT2D eigenvalue weighted by Gasteiger charge is 2.31. The molecule has 1 aromatic carbocycles. The SMILES string of the molecule is N#Cc1cccc([C@H](C2CCOCC2)N2CCNCC2)c1. The summed E-state index contributed by atoms with van der Waals surface area (Å²) in [6, 6.07) is 10.9. The van der Waals surface area contributed by atoms with Crippen molar-refractivity contribution in [2.24, 2.45) is 5.92 Å². The smallest absolute Gasteiger partial charge is 0.0991 e. The molecule has 1 atom stereocenters. The number of benzene rings is 1. The van der Waals surface area contributed by atoms with Gasteiger partial charge >= 0.3 is 0 Å². The Morgan fingerprint density at radius 3 is 2.71 bits per heavy atom. The normalized spacial score (nSPS) is 22.6. The van der Waals surface area contributed by atoms with Crippen LogP contribution in [0.4, 0.5) is 0 Å². The van der Waals surface area contributed by atoms with Gasteiger partial charge in [-0.05, 0) is 36.5 Å². The van der Waals surface area contributed by atoms with E-state index in [2.05, 4.69) is 28.4 Å². The quantitative estimate of drug-likeness (QED) is 0.922. The van der Waals surface area contributed by atoms with Crippen molar-refractivity contribution in [2.45, 2.75) is 18.9 Å². The summed E-state index contributed by atoms with van der Waals surface area (Å²) >= 11 is 0. The van der Waals surface area contributed by atoms with E-state index in [0.29, 0.717) is 12.0 Å². The Morgan fingerprint density at radius 1 is 1.24 bits per heavy atom. The van der Waals surface area contributed by atoms with Crippen LogP contribution in [0.25, 0.3) is 0 Å². The van der Waals surface area contributed by atoms with Gasteiger partial charge in [0, 0.05) is 45.4 Å². The van der Waals surface area contributed by atoms with E-state index in [-0.39, 0.29) is 0 Å². The van der Waals surface area contributed by atoms with Crippen molar-refractivity contribution in [3.05, 3.63) is 35.4 Å². The molecule has 0 bridgehead atoms. The second-order valence-electron chi connectivity index (χ2n) is 5.92. The van der Waals surface area contributed by atoms with Crippen LogP contribution in [-0.4, -0.2) is 44.3 Å². The molecule has 0 aliphatic carbocycles. The molecule has 4 nitrogen and oxygen atoms in total. The Kier molecular flexibility index (Phi) is 4.87. The number of piperazine rings is 1. The average molecular weight is 285 g/mol. The fourth-order valence-corrected chi connectivity index (χ4v) is 3.57. The number of hydrogen-bond acceptors (Lipinski definition) is 4. The van der Waals surface area contributed by atoms with E-state index >= 15 is 0 Å². The van der Waals surface area contributed by atoms with Crippen molar-refractivity contribution in [2.75, 3.05) is 39.4 Å². The van der Waals surface area contributed by atoms with Crippen LogP contribution in [0.3, 0.4) is 0 Å². The summed E-state index contributed by atoms with van der Waals surface area (Å²) in [6.07, 6.45) is 2.23. The number of rotatable bonds is 3. The van der Waals surface area contributed by atoms with Crippen molar-refractivity contribution in [1.29, 1.82) is 5.26 Å². The number of nitrogens with one attached hydrogen (secondary N) is 1. The fourth-order valence-electron chi connectivity index (χ4n) is 3.57. The topological polar surface area (TPSA) is 48.3 Å². The summed E-state index contributed by atoms with van der Waals surface area (Å²) in [6.45, 7) is 6.00. The molecule has 0 unspecified atom stereocenters. The maximum atomic E-state index is 9.17. The minimum absolute atomic E-state index is 0.421. The molecular formula is C17H23N3O. The molecule has 3 rings (SSSR count). The molecular weight excluding hydrogens is 262 g/mol. The molecule has 2 saturated heterocycles.